The molecule has 0 spiro atoms. The molecule has 0 aromatic heterocycles. The molecule has 1 aliphatic carbocycles. The van der Waals surface area contributed by atoms with Gasteiger partial charge >= 0.3 is 0 Å². The Morgan fingerprint density at radius 1 is 1.04 bits per heavy atom. The summed E-state index contributed by atoms with van der Waals surface area (Å²) < 4.78 is 24.8. The second-order valence-corrected chi connectivity index (χ2v) is 7.34. The molecule has 1 aromatic rings. The number of halogens is 1. The first-order valence-corrected chi connectivity index (χ1v) is 9.63. The van der Waals surface area contributed by atoms with Crippen molar-refractivity contribution in [2.75, 3.05) is 26.2 Å². The number of likely N-dealkylation sites (tertiary alicyclic amines) is 1. The summed E-state index contributed by atoms with van der Waals surface area (Å²) in [5.41, 5.74) is 0. The molecule has 3 rings (SSSR count). The molecule has 1 N–H and O–H groups in total. The van der Waals surface area contributed by atoms with Gasteiger partial charge in [-0.1, -0.05) is 19.3 Å². The Bertz CT molecular complexity index is 504. The molecule has 1 aliphatic heterocycles. The number of hydrogen-bond acceptors (Lipinski definition) is 4. The molecule has 140 valence electrons. The zero-order valence-electron chi connectivity index (χ0n) is 14.9. The van der Waals surface area contributed by atoms with E-state index in [2.05, 4.69) is 4.90 Å². The minimum atomic E-state index is -0.452. The average molecular weight is 351 g/mol. The maximum absolute atomic E-state index is 13.0. The van der Waals surface area contributed by atoms with Crippen LogP contribution in [-0.2, 0) is 4.74 Å². The van der Waals surface area contributed by atoms with Crippen LogP contribution in [-0.4, -0.2) is 54.6 Å². The Hall–Kier alpha value is -1.17. The molecule has 2 fully saturated rings. The summed E-state index contributed by atoms with van der Waals surface area (Å²) in [6.45, 7) is 2.81. The van der Waals surface area contributed by atoms with Gasteiger partial charge in [-0.25, -0.2) is 4.39 Å². The van der Waals surface area contributed by atoms with Crippen LogP contribution in [0.5, 0.6) is 5.75 Å². The summed E-state index contributed by atoms with van der Waals surface area (Å²) in [5.74, 6) is 0.452. The highest BCUT2D eigenvalue weighted by Gasteiger charge is 2.24. The first-order valence-electron chi connectivity index (χ1n) is 9.63. The lowest BCUT2D eigenvalue weighted by Gasteiger charge is -2.34. The van der Waals surface area contributed by atoms with Gasteiger partial charge in [0.05, 0.1) is 18.8 Å². The molecular formula is C20H30FNO3. The van der Waals surface area contributed by atoms with Crippen LogP contribution < -0.4 is 4.74 Å². The van der Waals surface area contributed by atoms with Crippen molar-refractivity contribution in [1.29, 1.82) is 0 Å². The van der Waals surface area contributed by atoms with Crippen molar-refractivity contribution in [1.82, 2.24) is 4.90 Å². The van der Waals surface area contributed by atoms with Crippen molar-refractivity contribution >= 4 is 0 Å². The summed E-state index contributed by atoms with van der Waals surface area (Å²) in [4.78, 5) is 2.24. The molecule has 25 heavy (non-hydrogen) atoms. The number of nitrogens with zero attached hydrogens (tertiary/aromatic N) is 1. The molecule has 2 aliphatic rings. The monoisotopic (exact) mass is 351 g/mol. The van der Waals surface area contributed by atoms with Gasteiger partial charge in [0.15, 0.2) is 0 Å². The van der Waals surface area contributed by atoms with Crippen molar-refractivity contribution in [3.8, 4) is 5.75 Å². The summed E-state index contributed by atoms with van der Waals surface area (Å²) in [6.07, 6.45) is 8.06. The Morgan fingerprint density at radius 2 is 1.76 bits per heavy atom. The second-order valence-electron chi connectivity index (χ2n) is 7.34. The van der Waals surface area contributed by atoms with Crippen LogP contribution in [0.4, 0.5) is 4.39 Å². The maximum Gasteiger partial charge on any atom is 0.123 e. The lowest BCUT2D eigenvalue weighted by atomic mass is 9.98. The molecule has 1 saturated heterocycles. The van der Waals surface area contributed by atoms with E-state index in [4.69, 9.17) is 9.47 Å². The van der Waals surface area contributed by atoms with E-state index in [1.165, 1.54) is 31.4 Å². The molecule has 2 atom stereocenters. The van der Waals surface area contributed by atoms with Gasteiger partial charge in [-0.2, -0.15) is 0 Å². The van der Waals surface area contributed by atoms with Crippen molar-refractivity contribution < 1.29 is 19.0 Å². The van der Waals surface area contributed by atoms with Crippen LogP contribution in [0.3, 0.4) is 0 Å². The van der Waals surface area contributed by atoms with E-state index in [0.717, 1.165) is 38.8 Å². The first-order chi connectivity index (χ1) is 12.2. The lowest BCUT2D eigenvalue weighted by molar-refractivity contribution is -0.0391. The van der Waals surface area contributed by atoms with Crippen LogP contribution >= 0.6 is 0 Å². The second kappa shape index (κ2) is 9.51. The zero-order valence-corrected chi connectivity index (χ0v) is 14.9. The topological polar surface area (TPSA) is 41.9 Å². The number of hydrogen-bond donors (Lipinski definition) is 1. The summed E-state index contributed by atoms with van der Waals surface area (Å²) >= 11 is 0. The van der Waals surface area contributed by atoms with Gasteiger partial charge in [0, 0.05) is 13.1 Å². The third kappa shape index (κ3) is 6.24. The van der Waals surface area contributed by atoms with Crippen molar-refractivity contribution in [3.05, 3.63) is 30.1 Å². The van der Waals surface area contributed by atoms with E-state index >= 15 is 0 Å². The molecule has 0 radical (unpaired) electrons. The summed E-state index contributed by atoms with van der Waals surface area (Å²) in [7, 11) is 0. The molecule has 0 amide bonds. The van der Waals surface area contributed by atoms with Crippen LogP contribution in [0.2, 0.25) is 0 Å². The number of piperidine rings is 1. The average Bonchev–Trinajstić information content (AvgIpc) is 2.63. The standard InChI is InChI=1S/C20H30FNO3/c21-16-8-10-19(11-9-16)25-20-7-4-12-22(14-20)13-17(23)15-24-18-5-2-1-3-6-18/h8-11,17-18,20,23H,1-7,12-15H2. The van der Waals surface area contributed by atoms with Gasteiger partial charge in [0.1, 0.15) is 17.7 Å². The fourth-order valence-electron chi connectivity index (χ4n) is 3.81. The minimum Gasteiger partial charge on any atom is -0.489 e. The summed E-state index contributed by atoms with van der Waals surface area (Å²) in [5, 5.41) is 10.3. The summed E-state index contributed by atoms with van der Waals surface area (Å²) in [6, 6.07) is 6.17. The predicted molar refractivity (Wildman–Crippen MR) is 95.3 cm³/mol. The van der Waals surface area contributed by atoms with Gasteiger partial charge < -0.3 is 14.6 Å². The maximum atomic E-state index is 13.0. The van der Waals surface area contributed by atoms with E-state index in [0.29, 0.717) is 25.0 Å². The van der Waals surface area contributed by atoms with Gasteiger partial charge in [0.25, 0.3) is 0 Å². The molecule has 1 aromatic carbocycles. The molecule has 5 heteroatoms. The van der Waals surface area contributed by atoms with E-state index in [1.807, 2.05) is 0 Å². The Labute approximate surface area is 149 Å². The van der Waals surface area contributed by atoms with E-state index in [1.54, 1.807) is 12.1 Å². The highest BCUT2D eigenvalue weighted by molar-refractivity contribution is 5.22. The lowest BCUT2D eigenvalue weighted by Crippen LogP contribution is -2.45. The zero-order chi connectivity index (χ0) is 17.5. The number of rotatable bonds is 7. The van der Waals surface area contributed by atoms with Crippen LogP contribution in [0.15, 0.2) is 24.3 Å². The van der Waals surface area contributed by atoms with E-state index in [-0.39, 0.29) is 11.9 Å². The van der Waals surface area contributed by atoms with Crippen molar-refractivity contribution in [2.45, 2.75) is 63.3 Å². The smallest absolute Gasteiger partial charge is 0.123 e. The van der Waals surface area contributed by atoms with Crippen LogP contribution in [0, 0.1) is 5.82 Å². The Balaban J connectivity index is 1.39. The minimum absolute atomic E-state index is 0.0886. The fraction of sp³-hybridized carbons (Fsp3) is 0.700. The molecule has 4 nitrogen and oxygen atoms in total. The van der Waals surface area contributed by atoms with Crippen LogP contribution in [0.25, 0.3) is 0 Å². The highest BCUT2D eigenvalue weighted by Crippen LogP contribution is 2.21. The molecule has 2 unspecified atom stereocenters. The van der Waals surface area contributed by atoms with Gasteiger partial charge in [-0.05, 0) is 56.5 Å². The van der Waals surface area contributed by atoms with Gasteiger partial charge in [0.2, 0.25) is 0 Å². The van der Waals surface area contributed by atoms with E-state index in [9.17, 15) is 9.50 Å². The van der Waals surface area contributed by atoms with Gasteiger partial charge in [-0.3, -0.25) is 4.90 Å². The first kappa shape index (κ1) is 18.6. The van der Waals surface area contributed by atoms with E-state index < -0.39 is 6.10 Å². The third-order valence-electron chi connectivity index (χ3n) is 5.12. The largest absolute Gasteiger partial charge is 0.489 e. The molecule has 1 saturated carbocycles. The van der Waals surface area contributed by atoms with Gasteiger partial charge in [-0.15, -0.1) is 0 Å². The highest BCUT2D eigenvalue weighted by atomic mass is 19.1. The quantitative estimate of drug-likeness (QED) is 0.818. The third-order valence-corrected chi connectivity index (χ3v) is 5.12. The van der Waals surface area contributed by atoms with Crippen LogP contribution in [0.1, 0.15) is 44.9 Å². The molecule has 0 bridgehead atoms. The fourth-order valence-corrected chi connectivity index (χ4v) is 3.81. The van der Waals surface area contributed by atoms with Crippen molar-refractivity contribution in [2.24, 2.45) is 0 Å². The SMILES string of the molecule is OC(COC1CCCCC1)CN1CCCC(Oc2ccc(F)cc2)C1. The Morgan fingerprint density at radius 3 is 2.52 bits per heavy atom. The molecule has 1 heterocycles. The number of aliphatic hydroxyl groups is 1. The normalized spacial score (nSPS) is 24.2. The number of aliphatic hydroxyl groups excluding tert-OH is 1. The molecular weight excluding hydrogens is 321 g/mol. The number of β-amino-alcohol motifs (C(OH)–C–C–N with tert-alkyl or cyclic N) is 1. The Kier molecular flexibility index (Phi) is 7.08. The number of benzene rings is 1. The number of ether oxygens (including phenoxy) is 2. The van der Waals surface area contributed by atoms with Crippen molar-refractivity contribution in [3.63, 3.8) is 0 Å². The predicted octanol–water partition coefficient (Wildman–Crippen LogP) is 3.38.